The number of hydrogen-bond donors (Lipinski definition) is 0. The first-order valence-corrected chi connectivity index (χ1v) is 18.6. The predicted molar refractivity (Wildman–Crippen MR) is 176 cm³/mol. The number of alkyl halides is 3. The third-order valence-corrected chi connectivity index (χ3v) is 15.1. The fraction of sp³-hybridized carbons (Fsp3) is 0.576. The Morgan fingerprint density at radius 1 is 0.636 bits per heavy atom. The number of aliphatic imine (C=N–C) groups is 2. The van der Waals surface area contributed by atoms with Crippen molar-refractivity contribution in [2.45, 2.75) is 86.3 Å². The van der Waals surface area contributed by atoms with Crippen molar-refractivity contribution in [1.29, 1.82) is 0 Å². The Morgan fingerprint density at radius 2 is 1.05 bits per heavy atom. The Balaban J connectivity index is 1.16. The molecule has 2 aromatic heterocycles. The lowest BCUT2D eigenvalue weighted by Gasteiger charge is -2.34. The van der Waals surface area contributed by atoms with Gasteiger partial charge in [0.25, 0.3) is 0 Å². The maximum Gasteiger partial charge on any atom is 0.188 e. The average Bonchev–Trinajstić information content (AvgIpc) is 3.77. The molecule has 2 heterocycles. The summed E-state index contributed by atoms with van der Waals surface area (Å²) in [5, 5.41) is 0.560. The molecule has 8 unspecified atom stereocenters. The van der Waals surface area contributed by atoms with Crippen molar-refractivity contribution in [3.63, 3.8) is 0 Å². The fourth-order valence-electron chi connectivity index (χ4n) is 8.76. The van der Waals surface area contributed by atoms with Gasteiger partial charge in [0.1, 0.15) is 10.0 Å². The maximum atomic E-state index is 13.4. The SMILES string of the molecule is CC1CC2C(=O)C(=Nc3cc4c(s3)-c3sc(N=C5C(=O)C6CC(Cl)C(Cl)CC6C5=O)cc3C43CCCCC3)C(=O)C2CC1Cl. The van der Waals surface area contributed by atoms with Crippen molar-refractivity contribution in [3.05, 3.63) is 23.3 Å². The van der Waals surface area contributed by atoms with Crippen LogP contribution in [0.25, 0.3) is 9.75 Å². The summed E-state index contributed by atoms with van der Waals surface area (Å²) in [6.45, 7) is 2.04. The second-order valence-corrected chi connectivity index (χ2v) is 17.3. The third kappa shape index (κ3) is 4.30. The molecule has 5 saturated carbocycles. The van der Waals surface area contributed by atoms with Crippen molar-refractivity contribution < 1.29 is 19.2 Å². The Morgan fingerprint density at radius 3 is 1.50 bits per heavy atom. The molecule has 0 aliphatic heterocycles. The minimum atomic E-state index is -0.441. The molecule has 6 nitrogen and oxygen atoms in total. The van der Waals surface area contributed by atoms with E-state index in [4.69, 9.17) is 44.8 Å². The second-order valence-electron chi connectivity index (χ2n) is 13.6. The summed E-state index contributed by atoms with van der Waals surface area (Å²) in [5.74, 6) is -2.11. The first-order chi connectivity index (χ1) is 21.1. The molecule has 0 N–H and O–H groups in total. The van der Waals surface area contributed by atoms with Gasteiger partial charge in [0.15, 0.2) is 34.6 Å². The largest absolute Gasteiger partial charge is 0.292 e. The highest BCUT2D eigenvalue weighted by Gasteiger charge is 2.53. The van der Waals surface area contributed by atoms with Gasteiger partial charge in [-0.05, 0) is 67.7 Å². The molecule has 0 amide bonds. The van der Waals surface area contributed by atoms with Gasteiger partial charge in [-0.15, -0.1) is 57.5 Å². The van der Waals surface area contributed by atoms with Gasteiger partial charge in [-0.3, -0.25) is 19.2 Å². The number of hydrogen-bond acceptors (Lipinski definition) is 8. The van der Waals surface area contributed by atoms with Crippen LogP contribution >= 0.6 is 57.5 Å². The number of rotatable bonds is 2. The van der Waals surface area contributed by atoms with Crippen LogP contribution < -0.4 is 0 Å². The highest BCUT2D eigenvalue weighted by molar-refractivity contribution is 7.26. The summed E-state index contributed by atoms with van der Waals surface area (Å²) in [5.41, 5.74) is 2.33. The van der Waals surface area contributed by atoms with Crippen LogP contribution in [0.5, 0.6) is 0 Å². The summed E-state index contributed by atoms with van der Waals surface area (Å²) >= 11 is 22.2. The summed E-state index contributed by atoms with van der Waals surface area (Å²) < 4.78 is 0. The van der Waals surface area contributed by atoms with E-state index in [-0.39, 0.29) is 73.9 Å². The lowest BCUT2D eigenvalue weighted by atomic mass is 9.68. The van der Waals surface area contributed by atoms with E-state index < -0.39 is 11.8 Å². The Hall–Kier alpha value is -1.71. The maximum absolute atomic E-state index is 13.4. The molecule has 0 aromatic carbocycles. The van der Waals surface area contributed by atoms with Gasteiger partial charge >= 0.3 is 0 Å². The number of carbonyl (C=O) groups excluding carboxylic acids is 4. The molecule has 0 saturated heterocycles. The zero-order valence-corrected chi connectivity index (χ0v) is 28.0. The number of nitrogens with zero attached hydrogens (tertiary/aromatic N) is 2. The summed E-state index contributed by atoms with van der Waals surface area (Å²) in [6.07, 6.45) is 7.28. The number of Topliss-reactive ketones (excluding diaryl/α,β-unsaturated/α-hetero) is 4. The normalized spacial score (nSPS) is 36.6. The van der Waals surface area contributed by atoms with Crippen LogP contribution in [0.15, 0.2) is 22.1 Å². The first kappa shape index (κ1) is 29.7. The first-order valence-electron chi connectivity index (χ1n) is 15.6. The van der Waals surface area contributed by atoms with Crippen LogP contribution in [0, 0.1) is 29.6 Å². The summed E-state index contributed by atoms with van der Waals surface area (Å²) in [7, 11) is 0. The van der Waals surface area contributed by atoms with Crippen LogP contribution in [-0.4, -0.2) is 50.7 Å². The van der Waals surface area contributed by atoms with E-state index in [0.717, 1.165) is 35.4 Å². The fourth-order valence-corrected chi connectivity index (χ4v) is 12.1. The monoisotopic (exact) mass is 688 g/mol. The van der Waals surface area contributed by atoms with Crippen molar-refractivity contribution in [2.24, 2.45) is 39.6 Å². The highest BCUT2D eigenvalue weighted by atomic mass is 35.5. The third-order valence-electron chi connectivity index (χ3n) is 11.2. The molecule has 6 aliphatic rings. The Labute approximate surface area is 278 Å². The number of halogens is 3. The van der Waals surface area contributed by atoms with E-state index in [9.17, 15) is 19.2 Å². The van der Waals surface area contributed by atoms with Crippen LogP contribution in [0.4, 0.5) is 10.0 Å². The number of carbonyl (C=O) groups is 4. The zero-order valence-electron chi connectivity index (χ0n) is 24.1. The molecule has 0 radical (unpaired) electrons. The quantitative estimate of drug-likeness (QED) is 0.299. The molecule has 8 rings (SSSR count). The van der Waals surface area contributed by atoms with Gasteiger partial charge in [-0.2, -0.15) is 0 Å². The molecule has 0 bridgehead atoms. The van der Waals surface area contributed by atoms with E-state index in [1.54, 1.807) is 0 Å². The van der Waals surface area contributed by atoms with Crippen molar-refractivity contribution >= 4 is 102 Å². The molecule has 230 valence electrons. The number of fused-ring (bicyclic) bond motifs is 7. The molecule has 6 aliphatic carbocycles. The number of thiophene rings is 2. The molecular weight excluding hydrogens is 659 g/mol. The van der Waals surface area contributed by atoms with Crippen molar-refractivity contribution in [3.8, 4) is 9.75 Å². The zero-order chi connectivity index (χ0) is 30.7. The molecule has 44 heavy (non-hydrogen) atoms. The van der Waals surface area contributed by atoms with E-state index in [1.807, 2.05) is 6.92 Å². The van der Waals surface area contributed by atoms with Gasteiger partial charge in [0.2, 0.25) is 0 Å². The van der Waals surface area contributed by atoms with Crippen LogP contribution in [0.3, 0.4) is 0 Å². The molecular formula is C33H31Cl3N2O4S2. The van der Waals surface area contributed by atoms with Crippen molar-refractivity contribution in [2.75, 3.05) is 0 Å². The highest BCUT2D eigenvalue weighted by Crippen LogP contribution is 2.63. The van der Waals surface area contributed by atoms with Gasteiger partial charge < -0.3 is 0 Å². The van der Waals surface area contributed by atoms with Crippen molar-refractivity contribution in [1.82, 2.24) is 0 Å². The molecule has 5 fully saturated rings. The molecule has 1 spiro atoms. The van der Waals surface area contributed by atoms with Gasteiger partial charge in [0, 0.05) is 34.5 Å². The van der Waals surface area contributed by atoms with Crippen LogP contribution in [0.1, 0.15) is 75.8 Å². The smallest absolute Gasteiger partial charge is 0.188 e. The van der Waals surface area contributed by atoms with E-state index in [1.165, 1.54) is 40.2 Å². The van der Waals surface area contributed by atoms with Gasteiger partial charge in [0.05, 0.1) is 20.5 Å². The summed E-state index contributed by atoms with van der Waals surface area (Å²) in [6, 6.07) is 4.16. The molecule has 8 atom stereocenters. The molecule has 2 aromatic rings. The lowest BCUT2D eigenvalue weighted by molar-refractivity contribution is -0.121. The second kappa shape index (κ2) is 10.7. The molecule has 11 heteroatoms. The van der Waals surface area contributed by atoms with Crippen LogP contribution in [0.2, 0.25) is 0 Å². The van der Waals surface area contributed by atoms with Crippen LogP contribution in [-0.2, 0) is 24.6 Å². The van der Waals surface area contributed by atoms with Gasteiger partial charge in [-0.1, -0.05) is 26.2 Å². The predicted octanol–water partition coefficient (Wildman–Crippen LogP) is 8.00. The average molecular weight is 690 g/mol. The standard InChI is InChI=1S/C33H31Cl3N2O4S2/c1-13-7-14-15(8-20(13)34)28(40)25(27(14)39)37-23-11-18-31(43-23)32-19(33(18)5-3-2-4-6-33)12-24(44-32)38-26-29(41)16-9-21(35)22(36)10-17(16)30(26)42/h11-17,20-22H,2-10H2,1H3. The Kier molecular flexibility index (Phi) is 7.19. The summed E-state index contributed by atoms with van der Waals surface area (Å²) in [4.78, 5) is 64.9. The topological polar surface area (TPSA) is 93.0 Å². The van der Waals surface area contributed by atoms with E-state index >= 15 is 0 Å². The van der Waals surface area contributed by atoms with Gasteiger partial charge in [-0.25, -0.2) is 9.98 Å². The Bertz CT molecular complexity index is 1530. The minimum absolute atomic E-state index is 0.0268. The van der Waals surface area contributed by atoms with E-state index in [0.29, 0.717) is 35.7 Å². The number of ketones is 4. The minimum Gasteiger partial charge on any atom is -0.292 e. The lowest BCUT2D eigenvalue weighted by Crippen LogP contribution is -2.34. The van der Waals surface area contributed by atoms with E-state index in [2.05, 4.69) is 12.1 Å².